The lowest BCUT2D eigenvalue weighted by atomic mass is 10.3. The van der Waals surface area contributed by atoms with E-state index >= 15 is 0 Å². The summed E-state index contributed by atoms with van der Waals surface area (Å²) in [7, 11) is 1.58. The van der Waals surface area contributed by atoms with E-state index in [1.807, 2.05) is 6.92 Å². The molecule has 6 heteroatoms. The van der Waals surface area contributed by atoms with E-state index < -0.39 is 0 Å². The molecule has 0 radical (unpaired) electrons. The summed E-state index contributed by atoms with van der Waals surface area (Å²) in [4.78, 5) is 11.4. The molecule has 78 valence electrons. The first-order valence-corrected chi connectivity index (χ1v) is 4.94. The van der Waals surface area contributed by atoms with E-state index in [2.05, 4.69) is 26.3 Å². The number of hydrogen-bond donors (Lipinski definition) is 2. The van der Waals surface area contributed by atoms with Gasteiger partial charge >= 0.3 is 0 Å². The fourth-order valence-corrected chi connectivity index (χ4v) is 1.40. The minimum absolute atomic E-state index is 0.00164. The van der Waals surface area contributed by atoms with Crippen LogP contribution in [0.4, 0.5) is 5.69 Å². The van der Waals surface area contributed by atoms with Crippen LogP contribution < -0.4 is 10.9 Å². The molecule has 0 aliphatic heterocycles. The Labute approximate surface area is 89.9 Å². The predicted octanol–water partition coefficient (Wildman–Crippen LogP) is 0.335. The highest BCUT2D eigenvalue weighted by Crippen LogP contribution is 2.16. The summed E-state index contributed by atoms with van der Waals surface area (Å²) in [5.74, 6) is 0. The summed E-state index contributed by atoms with van der Waals surface area (Å²) < 4.78 is 1.66. The van der Waals surface area contributed by atoms with E-state index in [1.165, 1.54) is 10.9 Å². The van der Waals surface area contributed by atoms with Gasteiger partial charge in [-0.3, -0.25) is 4.79 Å². The number of aliphatic hydroxyl groups excluding tert-OH is 1. The van der Waals surface area contributed by atoms with E-state index in [1.54, 1.807) is 7.05 Å². The SMILES string of the molecule is C[C@@H](CO)Nc1cnn(C)c(=O)c1Br. The number of aromatic nitrogens is 2. The largest absolute Gasteiger partial charge is 0.394 e. The third kappa shape index (κ3) is 2.33. The number of aliphatic hydroxyl groups is 1. The minimum Gasteiger partial charge on any atom is -0.394 e. The molecule has 0 saturated carbocycles. The van der Waals surface area contributed by atoms with Crippen molar-refractivity contribution in [3.63, 3.8) is 0 Å². The molecule has 0 spiro atoms. The van der Waals surface area contributed by atoms with Gasteiger partial charge in [-0.05, 0) is 22.9 Å². The van der Waals surface area contributed by atoms with Gasteiger partial charge in [0.15, 0.2) is 0 Å². The van der Waals surface area contributed by atoms with Crippen molar-refractivity contribution in [3.8, 4) is 0 Å². The van der Waals surface area contributed by atoms with Crippen LogP contribution in [-0.4, -0.2) is 27.5 Å². The predicted molar refractivity (Wildman–Crippen MR) is 57.3 cm³/mol. The van der Waals surface area contributed by atoms with E-state index in [9.17, 15) is 4.79 Å². The lowest BCUT2D eigenvalue weighted by molar-refractivity contribution is 0.281. The molecule has 0 aliphatic carbocycles. The van der Waals surface area contributed by atoms with Gasteiger partial charge in [0.05, 0.1) is 18.5 Å². The number of halogens is 1. The summed E-state index contributed by atoms with van der Waals surface area (Å²) in [6.45, 7) is 1.81. The van der Waals surface area contributed by atoms with Crippen LogP contribution in [0.25, 0.3) is 0 Å². The molecule has 0 bridgehead atoms. The third-order valence-electron chi connectivity index (χ3n) is 1.75. The average Bonchev–Trinajstić information content (AvgIpc) is 2.19. The molecule has 0 unspecified atom stereocenters. The number of anilines is 1. The Hall–Kier alpha value is -0.880. The van der Waals surface area contributed by atoms with Crippen molar-refractivity contribution in [1.82, 2.24) is 9.78 Å². The van der Waals surface area contributed by atoms with Crippen molar-refractivity contribution in [2.24, 2.45) is 7.05 Å². The van der Waals surface area contributed by atoms with Crippen LogP contribution in [-0.2, 0) is 7.05 Å². The Kier molecular flexibility index (Phi) is 3.65. The fourth-order valence-electron chi connectivity index (χ4n) is 0.922. The molecule has 1 heterocycles. The summed E-state index contributed by atoms with van der Waals surface area (Å²) in [5.41, 5.74) is 0.384. The number of nitrogens with zero attached hydrogens (tertiary/aromatic N) is 2. The molecule has 14 heavy (non-hydrogen) atoms. The van der Waals surface area contributed by atoms with Gasteiger partial charge < -0.3 is 10.4 Å². The van der Waals surface area contributed by atoms with Crippen molar-refractivity contribution in [1.29, 1.82) is 0 Å². The second-order valence-electron chi connectivity index (χ2n) is 3.03. The summed E-state index contributed by atoms with van der Waals surface area (Å²) >= 11 is 3.17. The third-order valence-corrected chi connectivity index (χ3v) is 2.52. The van der Waals surface area contributed by atoms with Gasteiger partial charge in [0.1, 0.15) is 4.47 Å². The van der Waals surface area contributed by atoms with Crippen molar-refractivity contribution in [3.05, 3.63) is 21.0 Å². The molecule has 0 aromatic carbocycles. The van der Waals surface area contributed by atoms with Crippen molar-refractivity contribution < 1.29 is 5.11 Å². The Morgan fingerprint density at radius 2 is 2.43 bits per heavy atom. The van der Waals surface area contributed by atoms with E-state index in [0.717, 1.165) is 0 Å². The summed E-state index contributed by atoms with van der Waals surface area (Å²) in [5, 5.41) is 15.6. The Bertz CT molecular complexity index is 377. The average molecular weight is 262 g/mol. The number of aryl methyl sites for hydroxylation is 1. The Balaban J connectivity index is 3.00. The highest BCUT2D eigenvalue weighted by atomic mass is 79.9. The molecule has 5 nitrogen and oxygen atoms in total. The maximum Gasteiger partial charge on any atom is 0.282 e. The van der Waals surface area contributed by atoms with Gasteiger partial charge in [-0.2, -0.15) is 5.10 Å². The first-order chi connectivity index (χ1) is 6.56. The summed E-state index contributed by atoms with van der Waals surface area (Å²) in [6, 6.07) is -0.111. The Morgan fingerprint density at radius 1 is 1.79 bits per heavy atom. The second-order valence-corrected chi connectivity index (χ2v) is 3.82. The van der Waals surface area contributed by atoms with Crippen molar-refractivity contribution in [2.45, 2.75) is 13.0 Å². The second kappa shape index (κ2) is 4.56. The lowest BCUT2D eigenvalue weighted by Gasteiger charge is -2.13. The standard InChI is InChI=1S/C8H12BrN3O2/c1-5(4-13)11-6-3-10-12(2)8(14)7(6)9/h3,5,11,13H,4H2,1-2H3/t5-/m0/s1. The van der Waals surface area contributed by atoms with Gasteiger partial charge in [-0.1, -0.05) is 0 Å². The maximum atomic E-state index is 11.4. The first kappa shape index (κ1) is 11.2. The van der Waals surface area contributed by atoms with Gasteiger partial charge in [0.25, 0.3) is 5.56 Å². The van der Waals surface area contributed by atoms with Crippen molar-refractivity contribution >= 4 is 21.6 Å². The Morgan fingerprint density at radius 3 is 3.00 bits per heavy atom. The quantitative estimate of drug-likeness (QED) is 0.824. The van der Waals surface area contributed by atoms with Crippen LogP contribution in [0.5, 0.6) is 0 Å². The van der Waals surface area contributed by atoms with E-state index in [-0.39, 0.29) is 18.2 Å². The maximum absolute atomic E-state index is 11.4. The van der Waals surface area contributed by atoms with E-state index in [0.29, 0.717) is 10.2 Å². The van der Waals surface area contributed by atoms with Crippen LogP contribution in [0.3, 0.4) is 0 Å². The van der Waals surface area contributed by atoms with Crippen LogP contribution in [0.1, 0.15) is 6.92 Å². The van der Waals surface area contributed by atoms with Crippen LogP contribution in [0, 0.1) is 0 Å². The zero-order valence-corrected chi connectivity index (χ0v) is 9.58. The van der Waals surface area contributed by atoms with Crippen LogP contribution in [0.15, 0.2) is 15.5 Å². The zero-order valence-electron chi connectivity index (χ0n) is 7.99. The lowest BCUT2D eigenvalue weighted by Crippen LogP contribution is -2.25. The van der Waals surface area contributed by atoms with Crippen molar-refractivity contribution in [2.75, 3.05) is 11.9 Å². The van der Waals surface area contributed by atoms with Crippen LogP contribution >= 0.6 is 15.9 Å². The molecule has 2 N–H and O–H groups in total. The normalized spacial score (nSPS) is 12.6. The van der Waals surface area contributed by atoms with Gasteiger partial charge in [-0.15, -0.1) is 0 Å². The minimum atomic E-state index is -0.208. The molecular weight excluding hydrogens is 250 g/mol. The van der Waals surface area contributed by atoms with Gasteiger partial charge in [0, 0.05) is 13.1 Å². The monoisotopic (exact) mass is 261 g/mol. The molecule has 1 atom stereocenters. The topological polar surface area (TPSA) is 67.2 Å². The van der Waals surface area contributed by atoms with Crippen LogP contribution in [0.2, 0.25) is 0 Å². The molecule has 0 amide bonds. The molecular formula is C8H12BrN3O2. The first-order valence-electron chi connectivity index (χ1n) is 4.15. The molecule has 0 aliphatic rings. The van der Waals surface area contributed by atoms with Gasteiger partial charge in [0.2, 0.25) is 0 Å². The molecule has 1 aromatic heterocycles. The van der Waals surface area contributed by atoms with Gasteiger partial charge in [-0.25, -0.2) is 4.68 Å². The summed E-state index contributed by atoms with van der Waals surface area (Å²) in [6.07, 6.45) is 1.54. The number of nitrogens with one attached hydrogen (secondary N) is 1. The number of hydrogen-bond acceptors (Lipinski definition) is 4. The number of rotatable bonds is 3. The molecule has 1 aromatic rings. The van der Waals surface area contributed by atoms with E-state index in [4.69, 9.17) is 5.11 Å². The fraction of sp³-hybridized carbons (Fsp3) is 0.500. The molecule has 0 saturated heterocycles. The highest BCUT2D eigenvalue weighted by molar-refractivity contribution is 9.10. The smallest absolute Gasteiger partial charge is 0.282 e. The zero-order chi connectivity index (χ0) is 10.7. The molecule has 1 rings (SSSR count). The highest BCUT2D eigenvalue weighted by Gasteiger charge is 2.08. The molecule has 0 fully saturated rings.